The second-order valence-electron chi connectivity index (χ2n) is 7.00. The summed E-state index contributed by atoms with van der Waals surface area (Å²) >= 11 is 0. The van der Waals surface area contributed by atoms with Gasteiger partial charge in [-0.05, 0) is 40.3 Å². The number of hydrogen-bond donors (Lipinski definition) is 1. The summed E-state index contributed by atoms with van der Waals surface area (Å²) in [5.41, 5.74) is 7.28. The first kappa shape index (κ1) is 15.2. The number of carbonyl (C=O) groups excluding carboxylic acids is 1. The molecule has 1 unspecified atom stereocenters. The van der Waals surface area contributed by atoms with E-state index in [0.29, 0.717) is 6.42 Å². The first-order chi connectivity index (χ1) is 12.8. The largest absolute Gasteiger partial charge is 0.347 e. The van der Waals surface area contributed by atoms with E-state index in [0.717, 1.165) is 18.5 Å². The molecule has 1 amide bonds. The van der Waals surface area contributed by atoms with E-state index in [1.165, 1.54) is 27.9 Å². The van der Waals surface area contributed by atoms with Crippen LogP contribution in [0.5, 0.6) is 0 Å². The lowest BCUT2D eigenvalue weighted by Crippen LogP contribution is -2.44. The van der Waals surface area contributed by atoms with Crippen molar-refractivity contribution in [3.63, 3.8) is 0 Å². The Hall–Kier alpha value is -3.07. The highest BCUT2D eigenvalue weighted by Crippen LogP contribution is 2.37. The van der Waals surface area contributed by atoms with E-state index in [2.05, 4.69) is 70.9 Å². The first-order valence-electron chi connectivity index (χ1n) is 9.12. The molecule has 0 saturated carbocycles. The van der Waals surface area contributed by atoms with Gasteiger partial charge in [0.1, 0.15) is 6.17 Å². The van der Waals surface area contributed by atoms with Gasteiger partial charge in [0, 0.05) is 12.2 Å². The molecular weight excluding hydrogens is 320 g/mol. The number of hydrogen-bond acceptors (Lipinski definition) is 2. The Balaban J connectivity index is 1.58. The maximum atomic E-state index is 12.5. The fraction of sp³-hybridized carbons (Fsp3) is 0.174. The predicted octanol–water partition coefficient (Wildman–Crippen LogP) is 4.09. The zero-order valence-electron chi connectivity index (χ0n) is 14.5. The minimum atomic E-state index is -0.0836. The summed E-state index contributed by atoms with van der Waals surface area (Å²) in [5.74, 6) is 0.0879. The minimum Gasteiger partial charge on any atom is -0.347 e. The molecule has 3 heteroatoms. The third kappa shape index (κ3) is 2.48. The summed E-state index contributed by atoms with van der Waals surface area (Å²) < 4.78 is 0. The second kappa shape index (κ2) is 6.03. The Morgan fingerprint density at radius 2 is 1.65 bits per heavy atom. The molecular formula is C23H20N2O. The smallest absolute Gasteiger partial charge is 0.226 e. The molecule has 128 valence electrons. The molecule has 0 radical (unpaired) electrons. The molecule has 5 rings (SSSR count). The summed E-state index contributed by atoms with van der Waals surface area (Å²) in [5, 5.41) is 3.23. The van der Waals surface area contributed by atoms with Crippen molar-refractivity contribution in [2.45, 2.75) is 19.0 Å². The molecule has 3 aromatic rings. The van der Waals surface area contributed by atoms with Gasteiger partial charge in [0.25, 0.3) is 0 Å². The molecule has 1 N–H and O–H groups in total. The van der Waals surface area contributed by atoms with Crippen LogP contribution in [0, 0.1) is 0 Å². The van der Waals surface area contributed by atoms with Crippen LogP contribution in [0.4, 0.5) is 5.69 Å². The van der Waals surface area contributed by atoms with Crippen molar-refractivity contribution in [2.24, 2.45) is 0 Å². The van der Waals surface area contributed by atoms with E-state index in [1.54, 1.807) is 0 Å². The van der Waals surface area contributed by atoms with Crippen LogP contribution in [0.15, 0.2) is 72.8 Å². The van der Waals surface area contributed by atoms with Gasteiger partial charge in [-0.2, -0.15) is 0 Å². The van der Waals surface area contributed by atoms with E-state index < -0.39 is 0 Å². The lowest BCUT2D eigenvalue weighted by atomic mass is 9.92. The second-order valence-corrected chi connectivity index (χ2v) is 7.00. The van der Waals surface area contributed by atoms with Crippen LogP contribution < -0.4 is 10.2 Å². The number of nitrogens with zero attached hydrogens (tertiary/aromatic N) is 1. The van der Waals surface area contributed by atoms with Gasteiger partial charge in [-0.1, -0.05) is 66.7 Å². The molecule has 0 aromatic heterocycles. The van der Waals surface area contributed by atoms with Crippen LogP contribution in [0.1, 0.15) is 22.9 Å². The highest BCUT2D eigenvalue weighted by molar-refractivity contribution is 5.83. The van der Waals surface area contributed by atoms with Crippen LogP contribution in [-0.2, 0) is 17.6 Å². The van der Waals surface area contributed by atoms with Crippen LogP contribution >= 0.6 is 0 Å². The Morgan fingerprint density at radius 1 is 0.846 bits per heavy atom. The van der Waals surface area contributed by atoms with Gasteiger partial charge >= 0.3 is 0 Å². The van der Waals surface area contributed by atoms with Crippen LogP contribution in [0.3, 0.4) is 0 Å². The lowest BCUT2D eigenvalue weighted by Gasteiger charge is -2.38. The summed E-state index contributed by atoms with van der Waals surface area (Å²) in [4.78, 5) is 14.8. The molecule has 3 nitrogen and oxygen atoms in total. The fourth-order valence-corrected chi connectivity index (χ4v) is 4.17. The summed E-state index contributed by atoms with van der Waals surface area (Å²) in [6, 6.07) is 25.3. The van der Waals surface area contributed by atoms with Gasteiger partial charge in [0.05, 0.1) is 6.42 Å². The van der Waals surface area contributed by atoms with E-state index in [1.807, 2.05) is 12.1 Å². The maximum absolute atomic E-state index is 12.5. The number of para-hydroxylation sites is 1. The van der Waals surface area contributed by atoms with Crippen molar-refractivity contribution in [1.29, 1.82) is 0 Å². The van der Waals surface area contributed by atoms with Crippen molar-refractivity contribution >= 4 is 11.6 Å². The van der Waals surface area contributed by atoms with E-state index >= 15 is 0 Å². The molecule has 2 aliphatic rings. The number of rotatable bonds is 1. The SMILES string of the molecule is O=C1Cc2ccccc2N2CCc3cc(-c4ccccc4)ccc3C2N1. The van der Waals surface area contributed by atoms with Crippen molar-refractivity contribution in [1.82, 2.24) is 5.32 Å². The van der Waals surface area contributed by atoms with Crippen LogP contribution in [0.2, 0.25) is 0 Å². The zero-order chi connectivity index (χ0) is 17.5. The highest BCUT2D eigenvalue weighted by atomic mass is 16.1. The Kier molecular flexibility index (Phi) is 3.52. The predicted molar refractivity (Wildman–Crippen MR) is 104 cm³/mol. The Labute approximate surface area is 153 Å². The number of amides is 1. The van der Waals surface area contributed by atoms with Gasteiger partial charge in [-0.15, -0.1) is 0 Å². The average Bonchev–Trinajstić information content (AvgIpc) is 2.83. The number of carbonyl (C=O) groups is 1. The molecule has 26 heavy (non-hydrogen) atoms. The highest BCUT2D eigenvalue weighted by Gasteiger charge is 2.32. The molecule has 0 fully saturated rings. The zero-order valence-corrected chi connectivity index (χ0v) is 14.5. The van der Waals surface area contributed by atoms with Gasteiger partial charge in [0.15, 0.2) is 0 Å². The van der Waals surface area contributed by atoms with Gasteiger partial charge in [-0.3, -0.25) is 4.79 Å². The summed E-state index contributed by atoms with van der Waals surface area (Å²) in [6.45, 7) is 0.910. The molecule has 0 saturated heterocycles. The van der Waals surface area contributed by atoms with Gasteiger partial charge in [-0.25, -0.2) is 0 Å². The fourth-order valence-electron chi connectivity index (χ4n) is 4.17. The Bertz CT molecular complexity index is 981. The maximum Gasteiger partial charge on any atom is 0.226 e. The van der Waals surface area contributed by atoms with Crippen molar-refractivity contribution in [2.75, 3.05) is 11.4 Å². The van der Waals surface area contributed by atoms with Gasteiger partial charge in [0.2, 0.25) is 5.91 Å². The number of nitrogens with one attached hydrogen (secondary N) is 1. The molecule has 0 bridgehead atoms. The van der Waals surface area contributed by atoms with E-state index in [4.69, 9.17) is 0 Å². The molecule has 1 atom stereocenters. The quantitative estimate of drug-likeness (QED) is 0.724. The number of fused-ring (bicyclic) bond motifs is 5. The number of anilines is 1. The van der Waals surface area contributed by atoms with Gasteiger partial charge < -0.3 is 10.2 Å². The van der Waals surface area contributed by atoms with Crippen molar-refractivity contribution in [3.8, 4) is 11.1 Å². The molecule has 0 aliphatic carbocycles. The normalized spacial score (nSPS) is 18.2. The van der Waals surface area contributed by atoms with E-state index in [-0.39, 0.29) is 12.1 Å². The number of benzene rings is 3. The topological polar surface area (TPSA) is 32.3 Å². The first-order valence-corrected chi connectivity index (χ1v) is 9.12. The van der Waals surface area contributed by atoms with Crippen LogP contribution in [-0.4, -0.2) is 12.5 Å². The lowest BCUT2D eigenvalue weighted by molar-refractivity contribution is -0.121. The third-order valence-corrected chi connectivity index (χ3v) is 5.43. The molecule has 0 spiro atoms. The average molecular weight is 340 g/mol. The third-order valence-electron chi connectivity index (χ3n) is 5.43. The van der Waals surface area contributed by atoms with Crippen molar-refractivity contribution in [3.05, 3.63) is 89.5 Å². The monoisotopic (exact) mass is 340 g/mol. The summed E-state index contributed by atoms with van der Waals surface area (Å²) in [7, 11) is 0. The minimum absolute atomic E-state index is 0.0836. The van der Waals surface area contributed by atoms with E-state index in [9.17, 15) is 4.79 Å². The molecule has 2 heterocycles. The molecule has 3 aromatic carbocycles. The standard InChI is InChI=1S/C23H20N2O/c26-22-15-19-8-4-5-9-21(19)25-13-12-18-14-17(16-6-2-1-3-7-16)10-11-20(18)23(25)24-22/h1-11,14,23H,12-13,15H2,(H,24,26). The molecule has 2 aliphatic heterocycles. The summed E-state index contributed by atoms with van der Waals surface area (Å²) in [6.07, 6.45) is 1.34. The Morgan fingerprint density at radius 3 is 2.54 bits per heavy atom. The van der Waals surface area contributed by atoms with Crippen LogP contribution in [0.25, 0.3) is 11.1 Å². The van der Waals surface area contributed by atoms with Crippen molar-refractivity contribution < 1.29 is 4.79 Å².